The molecule has 1 amide bonds. The van der Waals surface area contributed by atoms with Crippen molar-refractivity contribution in [3.05, 3.63) is 57.6 Å². The van der Waals surface area contributed by atoms with Crippen LogP contribution in [-0.2, 0) is 15.6 Å². The molecule has 124 valence electrons. The lowest BCUT2D eigenvalue weighted by atomic mass is 10.0. The van der Waals surface area contributed by atoms with Crippen LogP contribution in [-0.4, -0.2) is 22.3 Å². The first-order valence-corrected chi connectivity index (χ1v) is 9.48. The summed E-state index contributed by atoms with van der Waals surface area (Å²) in [7, 11) is -1.10. The van der Waals surface area contributed by atoms with Crippen LogP contribution in [0.15, 0.2) is 36.4 Å². The Morgan fingerprint density at radius 2 is 1.88 bits per heavy atom. The Hall–Kier alpha value is -1.82. The lowest BCUT2D eigenvalue weighted by Crippen LogP contribution is -2.05. The summed E-state index contributed by atoms with van der Waals surface area (Å²) in [5.41, 5.74) is 2.56. The molecule has 1 N–H and O–H groups in total. The number of anilines is 1. The van der Waals surface area contributed by atoms with E-state index in [-0.39, 0.29) is 11.8 Å². The average Bonchev–Trinajstić information content (AvgIpc) is 2.81. The summed E-state index contributed by atoms with van der Waals surface area (Å²) in [4.78, 5) is 12.3. The molecule has 2 aromatic rings. The Morgan fingerprint density at radius 3 is 2.62 bits per heavy atom. The van der Waals surface area contributed by atoms with Crippen molar-refractivity contribution in [2.75, 3.05) is 17.5 Å². The number of ether oxygens (including phenoxy) is 1. The van der Waals surface area contributed by atoms with Crippen molar-refractivity contribution in [3.8, 4) is 5.75 Å². The highest BCUT2D eigenvalue weighted by Gasteiger charge is 2.24. The maximum Gasteiger partial charge on any atom is 0.256 e. The molecule has 24 heavy (non-hydrogen) atoms. The van der Waals surface area contributed by atoms with Crippen LogP contribution in [0.5, 0.6) is 5.75 Å². The number of halogens is 2. The van der Waals surface area contributed by atoms with Crippen molar-refractivity contribution in [1.82, 2.24) is 0 Å². The second kappa shape index (κ2) is 6.97. The second-order valence-corrected chi connectivity index (χ2v) is 7.47. The van der Waals surface area contributed by atoms with E-state index >= 15 is 0 Å². The molecule has 1 heterocycles. The van der Waals surface area contributed by atoms with Crippen LogP contribution >= 0.6 is 23.2 Å². The van der Waals surface area contributed by atoms with Gasteiger partial charge in [-0.2, -0.15) is 0 Å². The van der Waals surface area contributed by atoms with Gasteiger partial charge in [-0.3, -0.25) is 9.00 Å². The minimum Gasteiger partial charge on any atom is -0.480 e. The van der Waals surface area contributed by atoms with E-state index < -0.39 is 10.8 Å². The molecule has 0 aliphatic carbocycles. The molecule has 1 aliphatic heterocycles. The number of benzene rings is 2. The Kier molecular flexibility index (Phi) is 4.94. The summed E-state index contributed by atoms with van der Waals surface area (Å²) in [6, 6.07) is 10.3. The van der Waals surface area contributed by atoms with Crippen LogP contribution in [0.4, 0.5) is 5.69 Å². The molecule has 1 atom stereocenters. The highest BCUT2D eigenvalue weighted by molar-refractivity contribution is 7.84. The molecule has 1 aliphatic rings. The molecule has 0 saturated carbocycles. The van der Waals surface area contributed by atoms with Crippen LogP contribution in [0.1, 0.15) is 11.1 Å². The highest BCUT2D eigenvalue weighted by Crippen LogP contribution is 2.36. The van der Waals surface area contributed by atoms with Gasteiger partial charge in [-0.15, -0.1) is 0 Å². The smallest absolute Gasteiger partial charge is 0.256 e. The molecule has 0 saturated heterocycles. The maximum absolute atomic E-state index is 12.3. The van der Waals surface area contributed by atoms with E-state index in [1.54, 1.807) is 48.7 Å². The second-order valence-electron chi connectivity index (χ2n) is 5.22. The number of amides is 1. The summed E-state index contributed by atoms with van der Waals surface area (Å²) >= 11 is 12.0. The molecular formula is C17H13Cl2NO3S. The quantitative estimate of drug-likeness (QED) is 0.807. The lowest BCUT2D eigenvalue weighted by molar-refractivity contribution is -0.110. The molecule has 3 rings (SSSR count). The molecule has 2 aromatic carbocycles. The van der Waals surface area contributed by atoms with E-state index in [1.807, 2.05) is 0 Å². The molecule has 0 bridgehead atoms. The highest BCUT2D eigenvalue weighted by atomic mass is 35.5. The molecule has 0 aromatic heterocycles. The lowest BCUT2D eigenvalue weighted by Gasteiger charge is -2.09. The van der Waals surface area contributed by atoms with Crippen LogP contribution in [0.3, 0.4) is 0 Å². The number of nitrogens with one attached hydrogen (secondary N) is 1. The van der Waals surface area contributed by atoms with Gasteiger partial charge in [0.15, 0.2) is 5.94 Å². The number of fused-ring (bicyclic) bond motifs is 1. The van der Waals surface area contributed by atoms with E-state index in [9.17, 15) is 9.00 Å². The standard InChI is InChI=1S/C17H13Cl2NO3S/c1-24(22)9-23-16-5-3-11(18)6-10(16)7-14-13-4-2-12(19)8-15(13)20-17(14)21/h2-8H,9H2,1H3,(H,20,21)/b14-7-. The Labute approximate surface area is 151 Å². The topological polar surface area (TPSA) is 55.4 Å². The van der Waals surface area contributed by atoms with Gasteiger partial charge in [-0.1, -0.05) is 29.3 Å². The SMILES string of the molecule is CS(=O)COc1ccc(Cl)cc1/C=C1\C(=O)Nc2cc(Cl)ccc21. The van der Waals surface area contributed by atoms with Crippen LogP contribution in [0.25, 0.3) is 11.6 Å². The third-order valence-electron chi connectivity index (χ3n) is 3.42. The van der Waals surface area contributed by atoms with Gasteiger partial charge < -0.3 is 10.1 Å². The summed E-state index contributed by atoms with van der Waals surface area (Å²) in [5, 5.41) is 3.84. The zero-order valence-electron chi connectivity index (χ0n) is 12.6. The summed E-state index contributed by atoms with van der Waals surface area (Å²) in [6.07, 6.45) is 3.26. The third-order valence-corrected chi connectivity index (χ3v) is 4.34. The molecule has 0 radical (unpaired) electrons. The first kappa shape index (κ1) is 17.0. The van der Waals surface area contributed by atoms with Gasteiger partial charge in [-0.05, 0) is 36.4 Å². The van der Waals surface area contributed by atoms with Gasteiger partial charge in [0.25, 0.3) is 5.91 Å². The first-order chi connectivity index (χ1) is 11.4. The van der Waals surface area contributed by atoms with Crippen molar-refractivity contribution >= 4 is 57.2 Å². The van der Waals surface area contributed by atoms with Gasteiger partial charge in [0, 0.05) is 33.0 Å². The van der Waals surface area contributed by atoms with E-state index in [0.29, 0.717) is 32.6 Å². The monoisotopic (exact) mass is 381 g/mol. The normalized spacial score (nSPS) is 16.0. The van der Waals surface area contributed by atoms with E-state index in [1.165, 1.54) is 0 Å². The fourth-order valence-electron chi connectivity index (χ4n) is 2.38. The van der Waals surface area contributed by atoms with Crippen molar-refractivity contribution < 1.29 is 13.7 Å². The van der Waals surface area contributed by atoms with Gasteiger partial charge in [0.1, 0.15) is 5.75 Å². The molecular weight excluding hydrogens is 369 g/mol. The molecule has 1 unspecified atom stereocenters. The Morgan fingerprint density at radius 1 is 1.17 bits per heavy atom. The zero-order chi connectivity index (χ0) is 17.3. The van der Waals surface area contributed by atoms with E-state index in [0.717, 1.165) is 5.56 Å². The fraction of sp³-hybridized carbons (Fsp3) is 0.118. The number of carbonyl (C=O) groups excluding carboxylic acids is 1. The Balaban J connectivity index is 2.04. The number of rotatable bonds is 4. The van der Waals surface area contributed by atoms with Crippen LogP contribution in [0.2, 0.25) is 10.0 Å². The average molecular weight is 382 g/mol. The first-order valence-electron chi connectivity index (χ1n) is 6.99. The minimum absolute atomic E-state index is 0.0657. The van der Waals surface area contributed by atoms with Crippen molar-refractivity contribution in [2.24, 2.45) is 0 Å². The van der Waals surface area contributed by atoms with Gasteiger partial charge in [0.05, 0.1) is 16.5 Å². The van der Waals surface area contributed by atoms with Crippen molar-refractivity contribution in [1.29, 1.82) is 0 Å². The largest absolute Gasteiger partial charge is 0.480 e. The summed E-state index contributed by atoms with van der Waals surface area (Å²) in [5.74, 6) is 0.352. The van der Waals surface area contributed by atoms with Crippen molar-refractivity contribution in [2.45, 2.75) is 0 Å². The minimum atomic E-state index is -1.10. The summed E-state index contributed by atoms with van der Waals surface area (Å²) < 4.78 is 16.8. The van der Waals surface area contributed by atoms with Crippen molar-refractivity contribution in [3.63, 3.8) is 0 Å². The Bertz CT molecular complexity index is 880. The number of hydrogen-bond donors (Lipinski definition) is 1. The van der Waals surface area contributed by atoms with Crippen LogP contribution in [0, 0.1) is 0 Å². The molecule has 4 nitrogen and oxygen atoms in total. The predicted octanol–water partition coefficient (Wildman–Crippen LogP) is 4.20. The molecule has 0 fully saturated rings. The van der Waals surface area contributed by atoms with Gasteiger partial charge in [0.2, 0.25) is 0 Å². The molecule has 7 heteroatoms. The zero-order valence-corrected chi connectivity index (χ0v) is 15.0. The number of carbonyl (C=O) groups is 1. The van der Waals surface area contributed by atoms with Gasteiger partial charge >= 0.3 is 0 Å². The molecule has 0 spiro atoms. The maximum atomic E-state index is 12.3. The number of hydrogen-bond acceptors (Lipinski definition) is 3. The summed E-state index contributed by atoms with van der Waals surface area (Å²) in [6.45, 7) is 0. The van der Waals surface area contributed by atoms with Crippen LogP contribution < -0.4 is 10.1 Å². The van der Waals surface area contributed by atoms with E-state index in [4.69, 9.17) is 27.9 Å². The fourth-order valence-corrected chi connectivity index (χ4v) is 3.02. The third kappa shape index (κ3) is 3.64. The predicted molar refractivity (Wildman–Crippen MR) is 99.0 cm³/mol. The van der Waals surface area contributed by atoms with Gasteiger partial charge in [-0.25, -0.2) is 0 Å². The van der Waals surface area contributed by atoms with E-state index in [2.05, 4.69) is 5.32 Å².